The molecule has 1 aliphatic heterocycles. The third-order valence-corrected chi connectivity index (χ3v) is 6.03. The van der Waals surface area contributed by atoms with E-state index in [1.807, 2.05) is 53.6 Å². The minimum Gasteiger partial charge on any atom is -0.375 e. The summed E-state index contributed by atoms with van der Waals surface area (Å²) < 4.78 is 0. The molecule has 1 atom stereocenters. The first-order valence-electron chi connectivity index (χ1n) is 10.5. The number of hydrogen-bond donors (Lipinski definition) is 1. The summed E-state index contributed by atoms with van der Waals surface area (Å²) in [7, 11) is 2.07. The molecule has 5 nitrogen and oxygen atoms in total. The summed E-state index contributed by atoms with van der Waals surface area (Å²) >= 11 is 6.18. The number of aromatic nitrogens is 2. The second-order valence-corrected chi connectivity index (χ2v) is 8.25. The second-order valence-electron chi connectivity index (χ2n) is 7.81. The minimum atomic E-state index is 0.0424. The zero-order chi connectivity index (χ0) is 20.9. The molecule has 1 saturated heterocycles. The number of anilines is 1. The number of H-pyrrole nitrogens is 1. The van der Waals surface area contributed by atoms with Crippen LogP contribution in [0.5, 0.6) is 0 Å². The summed E-state index contributed by atoms with van der Waals surface area (Å²) in [6, 6.07) is 18.1. The predicted molar refractivity (Wildman–Crippen MR) is 122 cm³/mol. The Morgan fingerprint density at radius 3 is 2.87 bits per heavy atom. The van der Waals surface area contributed by atoms with Crippen molar-refractivity contribution < 1.29 is 4.79 Å². The summed E-state index contributed by atoms with van der Waals surface area (Å²) in [4.78, 5) is 17.2. The molecule has 0 spiro atoms. The number of benzene rings is 2. The molecular formula is C24H27ClN4O. The molecule has 30 heavy (non-hydrogen) atoms. The van der Waals surface area contributed by atoms with Gasteiger partial charge in [-0.05, 0) is 49.1 Å². The Balaban J connectivity index is 1.41. The van der Waals surface area contributed by atoms with Crippen LogP contribution in [-0.2, 0) is 4.79 Å². The number of carbonyl (C=O) groups excluding carboxylic acids is 1. The summed E-state index contributed by atoms with van der Waals surface area (Å²) in [5, 5.41) is 8.12. The highest BCUT2D eigenvalue weighted by Crippen LogP contribution is 2.37. The van der Waals surface area contributed by atoms with Crippen LogP contribution < -0.4 is 4.90 Å². The maximum absolute atomic E-state index is 13.0. The molecule has 1 aromatic heterocycles. The number of rotatable bonds is 7. The number of nitrogens with zero attached hydrogens (tertiary/aromatic N) is 3. The van der Waals surface area contributed by atoms with Crippen LogP contribution in [0.1, 0.15) is 37.4 Å². The molecule has 0 bridgehead atoms. The normalized spacial score (nSPS) is 16.1. The van der Waals surface area contributed by atoms with Gasteiger partial charge < -0.3 is 9.80 Å². The molecule has 1 fully saturated rings. The summed E-state index contributed by atoms with van der Waals surface area (Å²) in [5.41, 5.74) is 4.22. The van der Waals surface area contributed by atoms with Crippen LogP contribution in [0, 0.1) is 0 Å². The molecule has 1 aliphatic rings. The van der Waals surface area contributed by atoms with E-state index in [1.165, 1.54) is 5.69 Å². The molecule has 6 heteroatoms. The number of likely N-dealkylation sites (tertiary alicyclic amines) is 1. The van der Waals surface area contributed by atoms with Gasteiger partial charge in [0.25, 0.3) is 0 Å². The molecule has 4 rings (SSSR count). The van der Waals surface area contributed by atoms with Crippen LogP contribution in [0.15, 0.2) is 60.8 Å². The lowest BCUT2D eigenvalue weighted by molar-refractivity contribution is -0.132. The van der Waals surface area contributed by atoms with Gasteiger partial charge in [0.2, 0.25) is 5.91 Å². The lowest BCUT2D eigenvalue weighted by atomic mass is 10.0. The van der Waals surface area contributed by atoms with Gasteiger partial charge >= 0.3 is 0 Å². The molecular weight excluding hydrogens is 396 g/mol. The van der Waals surface area contributed by atoms with Crippen molar-refractivity contribution in [1.29, 1.82) is 0 Å². The Bertz CT molecular complexity index is 988. The molecule has 2 aromatic carbocycles. The molecule has 3 aromatic rings. The van der Waals surface area contributed by atoms with Crippen LogP contribution >= 0.6 is 11.6 Å². The number of aromatic amines is 1. The number of para-hydroxylation sites is 1. The molecule has 0 saturated carbocycles. The first kappa shape index (κ1) is 20.5. The first-order valence-corrected chi connectivity index (χ1v) is 10.9. The van der Waals surface area contributed by atoms with E-state index >= 15 is 0 Å². The van der Waals surface area contributed by atoms with Crippen LogP contribution in [0.2, 0.25) is 5.02 Å². The fourth-order valence-electron chi connectivity index (χ4n) is 4.22. The van der Waals surface area contributed by atoms with E-state index in [2.05, 4.69) is 34.3 Å². The Kier molecular flexibility index (Phi) is 6.38. The van der Waals surface area contributed by atoms with Gasteiger partial charge in [-0.2, -0.15) is 5.10 Å². The van der Waals surface area contributed by atoms with Gasteiger partial charge in [0.05, 0.1) is 17.9 Å². The van der Waals surface area contributed by atoms with Gasteiger partial charge in [-0.3, -0.25) is 9.89 Å². The molecule has 1 N–H and O–H groups in total. The summed E-state index contributed by atoms with van der Waals surface area (Å²) in [6.45, 7) is 1.65. The molecule has 2 heterocycles. The van der Waals surface area contributed by atoms with Crippen molar-refractivity contribution in [2.45, 2.75) is 31.7 Å². The molecule has 1 amide bonds. The highest BCUT2D eigenvalue weighted by Gasteiger charge is 2.32. The van der Waals surface area contributed by atoms with Crippen molar-refractivity contribution in [3.05, 3.63) is 71.5 Å². The zero-order valence-corrected chi connectivity index (χ0v) is 18.0. The van der Waals surface area contributed by atoms with Crippen molar-refractivity contribution >= 4 is 23.2 Å². The van der Waals surface area contributed by atoms with Gasteiger partial charge in [0.1, 0.15) is 0 Å². The van der Waals surface area contributed by atoms with Gasteiger partial charge in [0.15, 0.2) is 0 Å². The standard InChI is InChI=1S/C24H27ClN4O/c1-28(20-10-3-2-4-11-20)14-7-13-23(30)29-15-6-12-22(29)24-21(17-26-27-24)18-8-5-9-19(25)16-18/h2-5,8-11,16-17,22H,6-7,12-15H2,1H3,(H,26,27)/t22-/m0/s1. The lowest BCUT2D eigenvalue weighted by Gasteiger charge is -2.26. The highest BCUT2D eigenvalue weighted by molar-refractivity contribution is 6.30. The monoisotopic (exact) mass is 422 g/mol. The SMILES string of the molecule is CN(CCCC(=O)N1CCC[C@H]1c1[nH]ncc1-c1cccc(Cl)c1)c1ccccc1. The van der Waals surface area contributed by atoms with Crippen LogP contribution in [0.3, 0.4) is 0 Å². The number of amides is 1. The van der Waals surface area contributed by atoms with Crippen LogP contribution in [0.4, 0.5) is 5.69 Å². The predicted octanol–water partition coefficient (Wildman–Crippen LogP) is 5.31. The Labute approximate surface area is 182 Å². The number of carbonyl (C=O) groups is 1. The van der Waals surface area contributed by atoms with E-state index in [-0.39, 0.29) is 11.9 Å². The zero-order valence-electron chi connectivity index (χ0n) is 17.2. The second kappa shape index (κ2) is 9.35. The first-order chi connectivity index (χ1) is 14.6. The van der Waals surface area contributed by atoms with E-state index < -0.39 is 0 Å². The fraction of sp³-hybridized carbons (Fsp3) is 0.333. The number of halogens is 1. The minimum absolute atomic E-state index is 0.0424. The average Bonchev–Trinajstić information content (AvgIpc) is 3.43. The van der Waals surface area contributed by atoms with E-state index in [1.54, 1.807) is 0 Å². The van der Waals surface area contributed by atoms with Crippen molar-refractivity contribution in [1.82, 2.24) is 15.1 Å². The van der Waals surface area contributed by atoms with Crippen molar-refractivity contribution in [3.8, 4) is 11.1 Å². The largest absolute Gasteiger partial charge is 0.375 e. The van der Waals surface area contributed by atoms with Crippen LogP contribution in [0.25, 0.3) is 11.1 Å². The third-order valence-electron chi connectivity index (χ3n) is 5.79. The van der Waals surface area contributed by atoms with Crippen LogP contribution in [-0.4, -0.2) is 41.1 Å². The molecule has 0 aliphatic carbocycles. The Morgan fingerprint density at radius 2 is 2.07 bits per heavy atom. The third kappa shape index (κ3) is 4.51. The average molecular weight is 423 g/mol. The van der Waals surface area contributed by atoms with E-state index in [0.717, 1.165) is 49.2 Å². The fourth-order valence-corrected chi connectivity index (χ4v) is 4.41. The van der Waals surface area contributed by atoms with Crippen molar-refractivity contribution in [3.63, 3.8) is 0 Å². The maximum Gasteiger partial charge on any atom is 0.223 e. The Hall–Kier alpha value is -2.79. The van der Waals surface area contributed by atoms with Gasteiger partial charge in [0, 0.05) is 42.8 Å². The Morgan fingerprint density at radius 1 is 1.23 bits per heavy atom. The number of nitrogens with one attached hydrogen (secondary N) is 1. The summed E-state index contributed by atoms with van der Waals surface area (Å²) in [5.74, 6) is 0.214. The van der Waals surface area contributed by atoms with E-state index in [4.69, 9.17) is 11.6 Å². The quantitative estimate of drug-likeness (QED) is 0.561. The van der Waals surface area contributed by atoms with Gasteiger partial charge in [-0.1, -0.05) is 41.9 Å². The number of hydrogen-bond acceptors (Lipinski definition) is 3. The molecule has 0 radical (unpaired) electrons. The maximum atomic E-state index is 13.0. The van der Waals surface area contributed by atoms with Gasteiger partial charge in [-0.25, -0.2) is 0 Å². The lowest BCUT2D eigenvalue weighted by Crippen LogP contribution is -2.31. The van der Waals surface area contributed by atoms with E-state index in [0.29, 0.717) is 11.4 Å². The molecule has 156 valence electrons. The molecule has 0 unspecified atom stereocenters. The summed E-state index contributed by atoms with van der Waals surface area (Å²) in [6.07, 6.45) is 5.17. The smallest absolute Gasteiger partial charge is 0.223 e. The highest BCUT2D eigenvalue weighted by atomic mass is 35.5. The van der Waals surface area contributed by atoms with Crippen molar-refractivity contribution in [2.75, 3.05) is 25.0 Å². The van der Waals surface area contributed by atoms with Crippen molar-refractivity contribution in [2.24, 2.45) is 0 Å². The van der Waals surface area contributed by atoms with Gasteiger partial charge in [-0.15, -0.1) is 0 Å². The van der Waals surface area contributed by atoms with E-state index in [9.17, 15) is 4.79 Å². The topological polar surface area (TPSA) is 52.2 Å².